The quantitative estimate of drug-likeness (QED) is 0.716. The fourth-order valence-electron chi connectivity index (χ4n) is 5.16. The standard InChI is InChI=1S/C16H23NO2/c1-2-5-11-8-12-9-15(18)19-16(12)10-13(11)17-7-4-3-6-14(16)17/h9,11,13-14H,2-8,10H2,1H3/t11-,13+,14-,16+/m1/s1. The van der Waals surface area contributed by atoms with Gasteiger partial charge in [-0.25, -0.2) is 4.79 Å². The predicted octanol–water partition coefficient (Wildman–Crippen LogP) is 2.66. The molecule has 4 aliphatic rings. The Morgan fingerprint density at radius 1 is 1.47 bits per heavy atom. The third kappa shape index (κ3) is 1.51. The number of hydrogen-bond acceptors (Lipinski definition) is 3. The minimum Gasteiger partial charge on any atom is -0.450 e. The number of hydrogen-bond donors (Lipinski definition) is 0. The Morgan fingerprint density at radius 3 is 3.21 bits per heavy atom. The van der Waals surface area contributed by atoms with Gasteiger partial charge in [0.2, 0.25) is 0 Å². The molecule has 3 fully saturated rings. The van der Waals surface area contributed by atoms with Gasteiger partial charge in [0.05, 0.1) is 6.04 Å². The van der Waals surface area contributed by atoms with E-state index in [0.29, 0.717) is 12.1 Å². The summed E-state index contributed by atoms with van der Waals surface area (Å²) in [6.45, 7) is 3.48. The summed E-state index contributed by atoms with van der Waals surface area (Å²) >= 11 is 0. The summed E-state index contributed by atoms with van der Waals surface area (Å²) < 4.78 is 5.87. The average Bonchev–Trinajstić information content (AvgIpc) is 2.88. The van der Waals surface area contributed by atoms with Crippen molar-refractivity contribution in [1.82, 2.24) is 4.90 Å². The molecule has 1 aliphatic carbocycles. The van der Waals surface area contributed by atoms with Crippen LogP contribution in [-0.4, -0.2) is 35.1 Å². The third-order valence-corrected chi connectivity index (χ3v) is 5.82. The van der Waals surface area contributed by atoms with Crippen LogP contribution >= 0.6 is 0 Å². The summed E-state index contributed by atoms with van der Waals surface area (Å²) in [5.74, 6) is 0.653. The van der Waals surface area contributed by atoms with Crippen molar-refractivity contribution in [3.8, 4) is 0 Å². The molecular weight excluding hydrogens is 238 g/mol. The summed E-state index contributed by atoms with van der Waals surface area (Å²) in [5, 5.41) is 0. The van der Waals surface area contributed by atoms with Crippen LogP contribution in [0.1, 0.15) is 51.9 Å². The second kappa shape index (κ2) is 4.08. The van der Waals surface area contributed by atoms with Gasteiger partial charge in [-0.2, -0.15) is 0 Å². The number of nitrogens with zero attached hydrogens (tertiary/aromatic N) is 1. The SMILES string of the molecule is CCC[C@@H]1CC2=CC(=O)O[C@@]23C[C@@H]1N1CCCC[C@@H]13. The normalized spacial score (nSPS) is 44.6. The van der Waals surface area contributed by atoms with Crippen LogP contribution in [0.2, 0.25) is 0 Å². The maximum Gasteiger partial charge on any atom is 0.331 e. The molecule has 2 bridgehead atoms. The lowest BCUT2D eigenvalue weighted by Crippen LogP contribution is -2.48. The Morgan fingerprint density at radius 2 is 2.37 bits per heavy atom. The van der Waals surface area contributed by atoms with Crippen molar-refractivity contribution in [2.75, 3.05) is 6.54 Å². The van der Waals surface area contributed by atoms with Crippen LogP contribution in [0.25, 0.3) is 0 Å². The van der Waals surface area contributed by atoms with Crippen LogP contribution in [0.5, 0.6) is 0 Å². The highest BCUT2D eigenvalue weighted by Gasteiger charge is 2.63. The lowest BCUT2D eigenvalue weighted by molar-refractivity contribution is -0.148. The van der Waals surface area contributed by atoms with Crippen molar-refractivity contribution in [2.24, 2.45) is 5.92 Å². The molecule has 3 nitrogen and oxygen atoms in total. The highest BCUT2D eigenvalue weighted by Crippen LogP contribution is 2.56. The van der Waals surface area contributed by atoms with E-state index in [1.54, 1.807) is 0 Å². The molecule has 0 aromatic rings. The van der Waals surface area contributed by atoms with E-state index in [9.17, 15) is 4.79 Å². The second-order valence-corrected chi connectivity index (χ2v) is 6.75. The summed E-state index contributed by atoms with van der Waals surface area (Å²) in [4.78, 5) is 14.5. The van der Waals surface area contributed by atoms with Crippen molar-refractivity contribution >= 4 is 5.97 Å². The molecule has 1 saturated carbocycles. The Balaban J connectivity index is 1.74. The van der Waals surface area contributed by atoms with Gasteiger partial charge in [-0.1, -0.05) is 19.8 Å². The largest absolute Gasteiger partial charge is 0.450 e. The zero-order valence-electron chi connectivity index (χ0n) is 11.7. The van der Waals surface area contributed by atoms with Crippen LogP contribution in [0.4, 0.5) is 0 Å². The molecule has 2 saturated heterocycles. The second-order valence-electron chi connectivity index (χ2n) is 6.75. The number of piperidine rings is 1. The zero-order chi connectivity index (χ0) is 13.0. The number of carbonyl (C=O) groups excluding carboxylic acids is 1. The molecule has 3 aliphatic heterocycles. The number of ether oxygens (including phenoxy) is 1. The first-order chi connectivity index (χ1) is 9.24. The van der Waals surface area contributed by atoms with E-state index in [0.717, 1.165) is 18.8 Å². The summed E-state index contributed by atoms with van der Waals surface area (Å²) in [6, 6.07) is 1.14. The molecule has 1 spiro atoms. The molecule has 0 aromatic carbocycles. The highest BCUT2D eigenvalue weighted by atomic mass is 16.6. The zero-order valence-corrected chi connectivity index (χ0v) is 11.7. The van der Waals surface area contributed by atoms with Crippen molar-refractivity contribution in [3.63, 3.8) is 0 Å². The van der Waals surface area contributed by atoms with E-state index in [1.807, 2.05) is 6.08 Å². The molecule has 3 heterocycles. The summed E-state index contributed by atoms with van der Waals surface area (Å²) in [5.41, 5.74) is 1.11. The molecule has 3 heteroatoms. The lowest BCUT2D eigenvalue weighted by atomic mass is 9.72. The van der Waals surface area contributed by atoms with E-state index in [1.165, 1.54) is 44.2 Å². The molecule has 4 atom stereocenters. The Hall–Kier alpha value is -0.830. The minimum atomic E-state index is -0.216. The molecule has 0 N–H and O–H groups in total. The van der Waals surface area contributed by atoms with E-state index in [-0.39, 0.29) is 11.6 Å². The Labute approximate surface area is 115 Å². The van der Waals surface area contributed by atoms with Gasteiger partial charge in [-0.15, -0.1) is 0 Å². The maximum atomic E-state index is 11.8. The van der Waals surface area contributed by atoms with Gasteiger partial charge >= 0.3 is 5.97 Å². The molecule has 0 radical (unpaired) electrons. The molecular formula is C16H23NO2. The number of carbonyl (C=O) groups is 1. The van der Waals surface area contributed by atoms with Gasteiger partial charge in [0.1, 0.15) is 0 Å². The summed E-state index contributed by atoms with van der Waals surface area (Å²) in [6.07, 6.45) is 10.3. The van der Waals surface area contributed by atoms with Crippen LogP contribution < -0.4 is 0 Å². The number of esters is 1. The Kier molecular flexibility index (Phi) is 2.57. The molecule has 0 unspecified atom stereocenters. The van der Waals surface area contributed by atoms with Crippen LogP contribution in [-0.2, 0) is 9.53 Å². The maximum absolute atomic E-state index is 11.8. The predicted molar refractivity (Wildman–Crippen MR) is 72.7 cm³/mol. The third-order valence-electron chi connectivity index (χ3n) is 5.82. The van der Waals surface area contributed by atoms with Gasteiger partial charge in [0.15, 0.2) is 5.60 Å². The van der Waals surface area contributed by atoms with Gasteiger partial charge in [0, 0.05) is 18.5 Å². The fourth-order valence-corrected chi connectivity index (χ4v) is 5.16. The first kappa shape index (κ1) is 12.0. The van der Waals surface area contributed by atoms with Gasteiger partial charge in [-0.3, -0.25) is 4.90 Å². The van der Waals surface area contributed by atoms with Crippen molar-refractivity contribution < 1.29 is 9.53 Å². The number of rotatable bonds is 2. The molecule has 0 aromatic heterocycles. The van der Waals surface area contributed by atoms with Crippen molar-refractivity contribution in [3.05, 3.63) is 11.6 Å². The Bertz CT molecular complexity index is 444. The summed E-state index contributed by atoms with van der Waals surface area (Å²) in [7, 11) is 0. The molecule has 4 rings (SSSR count). The smallest absolute Gasteiger partial charge is 0.331 e. The van der Waals surface area contributed by atoms with E-state index >= 15 is 0 Å². The van der Waals surface area contributed by atoms with Gasteiger partial charge in [-0.05, 0) is 43.7 Å². The average molecular weight is 261 g/mol. The van der Waals surface area contributed by atoms with Crippen LogP contribution in [0, 0.1) is 5.92 Å². The van der Waals surface area contributed by atoms with Crippen molar-refractivity contribution in [1.29, 1.82) is 0 Å². The van der Waals surface area contributed by atoms with Gasteiger partial charge < -0.3 is 4.74 Å². The molecule has 104 valence electrons. The van der Waals surface area contributed by atoms with Crippen LogP contribution in [0.3, 0.4) is 0 Å². The van der Waals surface area contributed by atoms with Crippen LogP contribution in [0.15, 0.2) is 11.6 Å². The number of fused-ring (bicyclic) bond motifs is 3. The van der Waals surface area contributed by atoms with Gasteiger partial charge in [0.25, 0.3) is 0 Å². The fraction of sp³-hybridized carbons (Fsp3) is 0.812. The van der Waals surface area contributed by atoms with Crippen molar-refractivity contribution in [2.45, 2.75) is 69.6 Å². The van der Waals surface area contributed by atoms with E-state index in [4.69, 9.17) is 4.74 Å². The monoisotopic (exact) mass is 261 g/mol. The minimum absolute atomic E-state index is 0.0849. The molecule has 0 amide bonds. The lowest BCUT2D eigenvalue weighted by Gasteiger charge is -2.38. The first-order valence-corrected chi connectivity index (χ1v) is 7.94. The highest BCUT2D eigenvalue weighted by molar-refractivity contribution is 5.87. The van der Waals surface area contributed by atoms with E-state index < -0.39 is 0 Å². The topological polar surface area (TPSA) is 29.5 Å². The molecule has 19 heavy (non-hydrogen) atoms. The first-order valence-electron chi connectivity index (χ1n) is 7.94. The van der Waals surface area contributed by atoms with E-state index in [2.05, 4.69) is 11.8 Å².